The van der Waals surface area contributed by atoms with Crippen molar-refractivity contribution in [3.8, 4) is 28.0 Å². The molecule has 6 rings (SSSR count). The third kappa shape index (κ3) is 5.93. The summed E-state index contributed by atoms with van der Waals surface area (Å²) in [7, 11) is 19.2. The molecule has 0 amide bonds. The van der Waals surface area contributed by atoms with Crippen molar-refractivity contribution in [3.63, 3.8) is 0 Å². The Hall–Kier alpha value is -2.16. The van der Waals surface area contributed by atoms with Crippen LogP contribution in [0, 0.1) is 34.6 Å². The summed E-state index contributed by atoms with van der Waals surface area (Å²) in [6.07, 6.45) is 4.83. The molecular formula is C44H53Cl2OSiZr. The van der Waals surface area contributed by atoms with Gasteiger partial charge in [0.05, 0.1) is 0 Å². The van der Waals surface area contributed by atoms with Crippen molar-refractivity contribution in [1.29, 1.82) is 0 Å². The van der Waals surface area contributed by atoms with Gasteiger partial charge in [0.2, 0.25) is 0 Å². The summed E-state index contributed by atoms with van der Waals surface area (Å²) >= 11 is -4.92. The molecule has 0 radical (unpaired) electrons. The molecule has 0 heterocycles. The monoisotopic (exact) mass is 785 g/mol. The van der Waals surface area contributed by atoms with E-state index in [1.807, 2.05) is 7.11 Å². The Bertz CT molecular complexity index is 2050. The molecule has 0 aliphatic heterocycles. The zero-order valence-corrected chi connectivity index (χ0v) is 36.9. The average Bonchev–Trinajstić information content (AvgIpc) is 3.50. The molecule has 5 heteroatoms. The van der Waals surface area contributed by atoms with Crippen LogP contribution in [-0.4, -0.2) is 13.0 Å². The van der Waals surface area contributed by atoms with Crippen molar-refractivity contribution < 1.29 is 20.3 Å². The standard InChI is InChI=1S/C23H27O.C19H19.C2H7Si.2ClH.Zr/c1-14-8-15(2)11-18(10-14)21-19-12-16(3)9-17(19)13-20(22(21)24-7)23(4,5)6;1-12-5-13(2)7-16(6-12)18-10-14(3)8-17-9-15(4)11-19(17)18;1-3-2;;;/h8-13H,1-7H3;5-11H,1-4H3;3H,1-2H3;2*1H;/q;;;;;+2/p-2. The van der Waals surface area contributed by atoms with Crippen LogP contribution in [0.2, 0.25) is 13.1 Å². The van der Waals surface area contributed by atoms with E-state index in [2.05, 4.69) is 149 Å². The summed E-state index contributed by atoms with van der Waals surface area (Å²) in [4.78, 5) is 0. The van der Waals surface area contributed by atoms with Crippen molar-refractivity contribution in [1.82, 2.24) is 0 Å². The molecule has 2 unspecified atom stereocenters. The third-order valence-electron chi connectivity index (χ3n) is 11.2. The van der Waals surface area contributed by atoms with Crippen LogP contribution < -0.4 is 4.74 Å². The van der Waals surface area contributed by atoms with E-state index in [0.717, 1.165) is 5.75 Å². The topological polar surface area (TPSA) is 9.23 Å². The van der Waals surface area contributed by atoms with E-state index in [4.69, 9.17) is 21.8 Å². The minimum absolute atomic E-state index is 0.00702. The Labute approximate surface area is 304 Å². The predicted molar refractivity (Wildman–Crippen MR) is 216 cm³/mol. The second-order valence-electron chi connectivity index (χ2n) is 16.7. The molecule has 4 aromatic rings. The Balaban J connectivity index is 1.67. The summed E-state index contributed by atoms with van der Waals surface area (Å²) in [6.45, 7) is 27.3. The van der Waals surface area contributed by atoms with E-state index in [1.54, 1.807) is 0 Å². The molecule has 49 heavy (non-hydrogen) atoms. The number of methoxy groups -OCH3 is 1. The van der Waals surface area contributed by atoms with Crippen molar-refractivity contribution in [2.45, 2.75) is 95.0 Å². The summed E-state index contributed by atoms with van der Waals surface area (Å²) in [5.74, 6) is -0.737. The maximum absolute atomic E-state index is 8.70. The molecule has 2 aliphatic carbocycles. The molecule has 0 spiro atoms. The van der Waals surface area contributed by atoms with Gasteiger partial charge in [-0.3, -0.25) is 0 Å². The van der Waals surface area contributed by atoms with Crippen molar-refractivity contribution >= 4 is 35.1 Å². The van der Waals surface area contributed by atoms with Gasteiger partial charge in [0, 0.05) is 0 Å². The van der Waals surface area contributed by atoms with Crippen LogP contribution in [0.25, 0.3) is 34.4 Å². The molecule has 0 bridgehead atoms. The quantitative estimate of drug-likeness (QED) is 0.177. The van der Waals surface area contributed by atoms with Gasteiger partial charge in [-0.2, -0.15) is 0 Å². The number of allylic oxidation sites excluding steroid dienone is 2. The van der Waals surface area contributed by atoms with Crippen molar-refractivity contribution in [3.05, 3.63) is 121 Å². The summed E-state index contributed by atoms with van der Waals surface area (Å²) in [5.41, 5.74) is 20.1. The molecule has 2 atom stereocenters. The van der Waals surface area contributed by atoms with Crippen molar-refractivity contribution in [2.24, 2.45) is 0 Å². The van der Waals surface area contributed by atoms with Crippen LogP contribution in [0.3, 0.4) is 0 Å². The average molecular weight is 788 g/mol. The van der Waals surface area contributed by atoms with E-state index in [9.17, 15) is 0 Å². The first-order valence-electron chi connectivity index (χ1n) is 17.8. The first-order valence-corrected chi connectivity index (χ1v) is 34.1. The molecule has 1 nitrogen and oxygen atoms in total. The third-order valence-corrected chi connectivity index (χ3v) is 63.5. The normalized spacial score (nSPS) is 18.2. The van der Waals surface area contributed by atoms with Gasteiger partial charge in [-0.15, -0.1) is 0 Å². The van der Waals surface area contributed by atoms with E-state index in [0.29, 0.717) is 0 Å². The fourth-order valence-electron chi connectivity index (χ4n) is 9.27. The number of hydrogen-bond donors (Lipinski definition) is 0. The van der Waals surface area contributed by atoms with Crippen LogP contribution >= 0.6 is 17.0 Å². The van der Waals surface area contributed by atoms with Gasteiger partial charge in [0.1, 0.15) is 0 Å². The van der Waals surface area contributed by atoms with E-state index in [1.165, 1.54) is 89.0 Å². The fourth-order valence-corrected chi connectivity index (χ4v) is 42.1. The number of halogens is 2. The van der Waals surface area contributed by atoms with Gasteiger partial charge in [-0.25, -0.2) is 0 Å². The molecule has 0 N–H and O–H groups in total. The molecule has 0 saturated heterocycles. The summed E-state index contributed by atoms with van der Waals surface area (Å²) < 4.78 is 6.41. The first-order chi connectivity index (χ1) is 22.8. The predicted octanol–water partition coefficient (Wildman–Crippen LogP) is 13.5. The van der Waals surface area contributed by atoms with E-state index >= 15 is 0 Å². The number of aryl methyl sites for hydroxylation is 5. The van der Waals surface area contributed by atoms with Gasteiger partial charge in [-0.05, 0) is 0 Å². The second-order valence-corrected chi connectivity index (χ2v) is 59.2. The number of hydrogen-bond acceptors (Lipinski definition) is 1. The molecular weight excluding hydrogens is 735 g/mol. The van der Waals surface area contributed by atoms with Crippen LogP contribution in [-0.2, 0) is 21.0 Å². The Morgan fingerprint density at radius 3 is 1.53 bits per heavy atom. The second kappa shape index (κ2) is 12.5. The van der Waals surface area contributed by atoms with Crippen LogP contribution in [0.15, 0.2) is 65.7 Å². The first kappa shape index (κ1) is 36.6. The Morgan fingerprint density at radius 2 is 1.06 bits per heavy atom. The van der Waals surface area contributed by atoms with Crippen LogP contribution in [0.5, 0.6) is 5.75 Å². The van der Waals surface area contributed by atoms with Gasteiger partial charge in [-0.1, -0.05) is 0 Å². The van der Waals surface area contributed by atoms with Gasteiger partial charge < -0.3 is 0 Å². The SMILES string of the molecule is COc1c(C(C)(C)C)cc2c(c1-c1cc(C)cc(C)c1)C=C(C)[CH]2[Zr]([Cl])([Cl])([CH]1C(C)=Cc2c(-c3cc(C)cc(C)c3)cc(C)cc21)[SiH](C)C. The summed E-state index contributed by atoms with van der Waals surface area (Å²) in [6, 6.07) is 20.9. The molecule has 4 aromatic carbocycles. The number of rotatable bonds is 6. The zero-order chi connectivity index (χ0) is 36.0. The molecule has 2 aliphatic rings. The van der Waals surface area contributed by atoms with E-state index < -0.39 is 21.5 Å². The van der Waals surface area contributed by atoms with Crippen LogP contribution in [0.1, 0.15) is 97.5 Å². The number of ether oxygens (including phenoxy) is 1. The number of benzene rings is 4. The molecule has 0 aromatic heterocycles. The number of fused-ring (bicyclic) bond motifs is 2. The zero-order valence-electron chi connectivity index (χ0n) is 31.7. The summed E-state index contributed by atoms with van der Waals surface area (Å²) in [5, 5.41) is 0. The maximum atomic E-state index is 8.70. The van der Waals surface area contributed by atoms with Gasteiger partial charge in [0.15, 0.2) is 0 Å². The fraction of sp³-hybridized carbons (Fsp3) is 0.364. The minimum atomic E-state index is -4.92. The van der Waals surface area contributed by atoms with Gasteiger partial charge >= 0.3 is 307 Å². The Morgan fingerprint density at radius 1 is 0.612 bits per heavy atom. The molecule has 0 saturated carbocycles. The molecule has 0 fully saturated rings. The Kier molecular flexibility index (Phi) is 9.35. The van der Waals surface area contributed by atoms with E-state index in [-0.39, 0.29) is 12.7 Å². The molecule has 257 valence electrons. The van der Waals surface area contributed by atoms with Crippen molar-refractivity contribution in [2.75, 3.05) is 7.11 Å². The van der Waals surface area contributed by atoms with Gasteiger partial charge in [0.25, 0.3) is 0 Å². The van der Waals surface area contributed by atoms with Crippen LogP contribution in [0.4, 0.5) is 0 Å².